The smallest absolute Gasteiger partial charge is 0.263 e. The molecular weight excluding hydrogens is 365 g/mol. The third-order valence-electron chi connectivity index (χ3n) is 4.24. The molecule has 0 unspecified atom stereocenters. The molecule has 6 nitrogen and oxygen atoms in total. The van der Waals surface area contributed by atoms with Crippen LogP contribution in [0.25, 0.3) is 0 Å². The number of hydrogen-bond donors (Lipinski definition) is 2. The van der Waals surface area contributed by atoms with Gasteiger partial charge in [0.1, 0.15) is 11.4 Å². The number of rotatable bonds is 3. The van der Waals surface area contributed by atoms with Gasteiger partial charge in [-0.2, -0.15) is 0 Å². The zero-order valence-electron chi connectivity index (χ0n) is 13.3. The van der Waals surface area contributed by atoms with Crippen LogP contribution >= 0.6 is 23.2 Å². The molecule has 2 heterocycles. The molecule has 0 atom stereocenters. The Balaban J connectivity index is 1.79. The summed E-state index contributed by atoms with van der Waals surface area (Å²) in [5.41, 5.74) is 0.160. The van der Waals surface area contributed by atoms with Crippen LogP contribution in [0.2, 0.25) is 10.0 Å². The second-order valence-corrected chi connectivity index (χ2v) is 6.79. The standard InChI is InChI=1S/C17H17Cl2N3O3/c18-13-2-1-3-14(19)11(13)8-15-20-9-12(16(24)21-15)17(25)22-6-4-10(23)5-7-22/h1-3,9-10,23H,4-8H2,(H,20,21,24). The number of carbonyl (C=O) groups excluding carboxylic acids is 1. The number of nitrogens with zero attached hydrogens (tertiary/aromatic N) is 2. The van der Waals surface area contributed by atoms with Crippen LogP contribution in [0.3, 0.4) is 0 Å². The molecule has 8 heteroatoms. The molecule has 3 rings (SSSR count). The topological polar surface area (TPSA) is 86.3 Å². The van der Waals surface area contributed by atoms with Gasteiger partial charge in [0.05, 0.1) is 6.10 Å². The van der Waals surface area contributed by atoms with Crippen molar-refractivity contribution in [3.05, 3.63) is 61.7 Å². The quantitative estimate of drug-likeness (QED) is 0.853. The van der Waals surface area contributed by atoms with Gasteiger partial charge in [0.15, 0.2) is 0 Å². The first-order valence-electron chi connectivity index (χ1n) is 7.94. The van der Waals surface area contributed by atoms with Crippen molar-refractivity contribution in [2.45, 2.75) is 25.4 Å². The Bertz CT molecular complexity index is 825. The summed E-state index contributed by atoms with van der Waals surface area (Å²) in [5.74, 6) is 0.00796. The molecule has 1 aromatic carbocycles. The number of hydrogen-bond acceptors (Lipinski definition) is 4. The van der Waals surface area contributed by atoms with Gasteiger partial charge in [-0.25, -0.2) is 4.98 Å². The molecule has 1 amide bonds. The molecule has 0 spiro atoms. The Kier molecular flexibility index (Phi) is 5.42. The SMILES string of the molecule is O=C(c1cnc(Cc2c(Cl)cccc2Cl)[nH]c1=O)N1CCC(O)CC1. The number of aromatic nitrogens is 2. The first kappa shape index (κ1) is 17.9. The lowest BCUT2D eigenvalue weighted by Gasteiger charge is -2.29. The van der Waals surface area contributed by atoms with Gasteiger partial charge in [0.25, 0.3) is 11.5 Å². The van der Waals surface area contributed by atoms with E-state index < -0.39 is 5.56 Å². The predicted molar refractivity (Wildman–Crippen MR) is 95.3 cm³/mol. The van der Waals surface area contributed by atoms with Gasteiger partial charge in [-0.15, -0.1) is 0 Å². The maximum absolute atomic E-state index is 12.4. The van der Waals surface area contributed by atoms with Crippen molar-refractivity contribution in [3.63, 3.8) is 0 Å². The fourth-order valence-electron chi connectivity index (χ4n) is 2.78. The highest BCUT2D eigenvalue weighted by Gasteiger charge is 2.24. The van der Waals surface area contributed by atoms with Gasteiger partial charge < -0.3 is 15.0 Å². The van der Waals surface area contributed by atoms with Gasteiger partial charge in [0, 0.05) is 35.8 Å². The van der Waals surface area contributed by atoms with Crippen LogP contribution in [0.4, 0.5) is 0 Å². The fraction of sp³-hybridized carbons (Fsp3) is 0.353. The van der Waals surface area contributed by atoms with Gasteiger partial charge in [-0.1, -0.05) is 29.3 Å². The lowest BCUT2D eigenvalue weighted by atomic mass is 10.1. The number of aliphatic hydroxyl groups is 1. The lowest BCUT2D eigenvalue weighted by molar-refractivity contribution is 0.0544. The first-order chi connectivity index (χ1) is 12.0. The zero-order chi connectivity index (χ0) is 18.0. The highest BCUT2D eigenvalue weighted by molar-refractivity contribution is 6.36. The van der Waals surface area contributed by atoms with Crippen molar-refractivity contribution < 1.29 is 9.90 Å². The van der Waals surface area contributed by atoms with E-state index in [4.69, 9.17) is 23.2 Å². The minimum atomic E-state index is -0.496. The molecule has 0 bridgehead atoms. The summed E-state index contributed by atoms with van der Waals surface area (Å²) in [5, 5.41) is 10.5. The van der Waals surface area contributed by atoms with Gasteiger partial charge in [-0.05, 0) is 30.5 Å². The van der Waals surface area contributed by atoms with E-state index >= 15 is 0 Å². The van der Waals surface area contributed by atoms with E-state index in [-0.39, 0.29) is 24.0 Å². The maximum atomic E-state index is 12.4. The van der Waals surface area contributed by atoms with Crippen LogP contribution in [0.5, 0.6) is 0 Å². The highest BCUT2D eigenvalue weighted by atomic mass is 35.5. The van der Waals surface area contributed by atoms with E-state index in [9.17, 15) is 14.7 Å². The number of piperidine rings is 1. The summed E-state index contributed by atoms with van der Waals surface area (Å²) in [4.78, 5) is 33.1. The summed E-state index contributed by atoms with van der Waals surface area (Å²) in [7, 11) is 0. The van der Waals surface area contributed by atoms with E-state index in [2.05, 4.69) is 9.97 Å². The van der Waals surface area contributed by atoms with Crippen molar-refractivity contribution in [1.82, 2.24) is 14.9 Å². The normalized spacial score (nSPS) is 15.4. The zero-order valence-corrected chi connectivity index (χ0v) is 14.8. The number of nitrogens with one attached hydrogen (secondary N) is 1. The highest BCUT2D eigenvalue weighted by Crippen LogP contribution is 2.25. The largest absolute Gasteiger partial charge is 0.393 e. The van der Waals surface area contributed by atoms with Gasteiger partial charge in [-0.3, -0.25) is 9.59 Å². The van der Waals surface area contributed by atoms with Crippen LogP contribution in [-0.4, -0.2) is 45.1 Å². The first-order valence-corrected chi connectivity index (χ1v) is 8.69. The van der Waals surface area contributed by atoms with E-state index in [1.165, 1.54) is 6.20 Å². The maximum Gasteiger partial charge on any atom is 0.263 e. The number of amides is 1. The number of benzene rings is 1. The van der Waals surface area contributed by atoms with Gasteiger partial charge in [0.2, 0.25) is 0 Å². The monoisotopic (exact) mass is 381 g/mol. The number of carbonyl (C=O) groups is 1. The summed E-state index contributed by atoms with van der Waals surface area (Å²) >= 11 is 12.3. The summed E-state index contributed by atoms with van der Waals surface area (Å²) < 4.78 is 0. The second-order valence-electron chi connectivity index (χ2n) is 5.97. The number of halogens is 2. The number of aromatic amines is 1. The van der Waals surface area contributed by atoms with Crippen LogP contribution in [-0.2, 0) is 6.42 Å². The molecule has 1 saturated heterocycles. The van der Waals surface area contributed by atoms with E-state index in [1.807, 2.05) is 0 Å². The molecule has 1 aliphatic rings. The number of aliphatic hydroxyl groups excluding tert-OH is 1. The van der Waals surface area contributed by atoms with Crippen LogP contribution in [0.1, 0.15) is 34.6 Å². The Labute approximate surface area is 154 Å². The van der Waals surface area contributed by atoms with Gasteiger partial charge >= 0.3 is 0 Å². The number of H-pyrrole nitrogens is 1. The van der Waals surface area contributed by atoms with Crippen LogP contribution in [0.15, 0.2) is 29.2 Å². The molecule has 0 aliphatic carbocycles. The second kappa shape index (κ2) is 7.56. The third kappa shape index (κ3) is 4.03. The van der Waals surface area contributed by atoms with Crippen molar-refractivity contribution >= 4 is 29.1 Å². The minimum Gasteiger partial charge on any atom is -0.393 e. The Morgan fingerprint density at radius 1 is 1.28 bits per heavy atom. The van der Waals surface area contributed by atoms with Crippen molar-refractivity contribution in [2.75, 3.05) is 13.1 Å². The van der Waals surface area contributed by atoms with Crippen LogP contribution in [0, 0.1) is 0 Å². The molecule has 0 saturated carbocycles. The molecule has 0 radical (unpaired) electrons. The Morgan fingerprint density at radius 2 is 1.92 bits per heavy atom. The van der Waals surface area contributed by atoms with Crippen molar-refractivity contribution in [3.8, 4) is 0 Å². The lowest BCUT2D eigenvalue weighted by Crippen LogP contribution is -2.42. The van der Waals surface area contributed by atoms with Crippen molar-refractivity contribution in [1.29, 1.82) is 0 Å². The third-order valence-corrected chi connectivity index (χ3v) is 4.95. The molecular formula is C17H17Cl2N3O3. The summed E-state index contributed by atoms with van der Waals surface area (Å²) in [6.45, 7) is 0.854. The average Bonchev–Trinajstić information content (AvgIpc) is 2.58. The minimum absolute atomic E-state index is 0.00889. The molecule has 1 aromatic heterocycles. The van der Waals surface area contributed by atoms with E-state index in [1.54, 1.807) is 23.1 Å². The van der Waals surface area contributed by atoms with Crippen molar-refractivity contribution in [2.24, 2.45) is 0 Å². The number of likely N-dealkylation sites (tertiary alicyclic amines) is 1. The molecule has 2 N–H and O–H groups in total. The molecule has 1 fully saturated rings. The Morgan fingerprint density at radius 3 is 2.52 bits per heavy atom. The predicted octanol–water partition coefficient (Wildman–Crippen LogP) is 2.26. The average molecular weight is 382 g/mol. The molecule has 1 aliphatic heterocycles. The summed E-state index contributed by atoms with van der Waals surface area (Å²) in [6, 6.07) is 5.16. The van der Waals surface area contributed by atoms with E-state index in [0.717, 1.165) is 0 Å². The summed E-state index contributed by atoms with van der Waals surface area (Å²) in [6.07, 6.45) is 2.19. The Hall–Kier alpha value is -1.89. The van der Waals surface area contributed by atoms with E-state index in [0.29, 0.717) is 47.4 Å². The fourth-order valence-corrected chi connectivity index (χ4v) is 3.31. The molecule has 132 valence electrons. The molecule has 25 heavy (non-hydrogen) atoms. The molecule has 2 aromatic rings. The van der Waals surface area contributed by atoms with Crippen LogP contribution < -0.4 is 5.56 Å².